The molecule has 2 aromatic carbocycles. The summed E-state index contributed by atoms with van der Waals surface area (Å²) < 4.78 is 18.1. The lowest BCUT2D eigenvalue weighted by molar-refractivity contribution is -0.191. The van der Waals surface area contributed by atoms with Crippen LogP contribution >= 0.6 is 8.03 Å². The molecular formula is C29H41N2O5P. The smallest absolute Gasteiger partial charge is 0.327 e. The maximum Gasteiger partial charge on any atom is 0.327 e. The lowest BCUT2D eigenvalue weighted by Crippen LogP contribution is -2.73. The highest BCUT2D eigenvalue weighted by atomic mass is 31.1. The van der Waals surface area contributed by atoms with Crippen molar-refractivity contribution in [3.63, 3.8) is 0 Å². The van der Waals surface area contributed by atoms with Gasteiger partial charge in [0.2, 0.25) is 5.91 Å². The van der Waals surface area contributed by atoms with Crippen LogP contribution in [0.15, 0.2) is 48.5 Å². The Hall–Kier alpha value is -2.63. The summed E-state index contributed by atoms with van der Waals surface area (Å²) in [5.41, 5.74) is 1.77. The molecule has 1 heterocycles. The van der Waals surface area contributed by atoms with E-state index in [1.807, 2.05) is 52.0 Å². The number of amides is 3. The Balaban J connectivity index is 1.82. The molecule has 0 radical (unpaired) electrons. The molecule has 0 saturated carbocycles. The van der Waals surface area contributed by atoms with Crippen molar-refractivity contribution in [2.24, 2.45) is 5.41 Å². The molecule has 3 amide bonds. The lowest BCUT2D eigenvalue weighted by atomic mass is 9.72. The first-order valence-electron chi connectivity index (χ1n) is 13.4. The molecule has 0 aromatic heterocycles. The molecule has 2 aromatic rings. The van der Waals surface area contributed by atoms with Gasteiger partial charge in [0.1, 0.15) is 11.2 Å². The number of nitrogens with one attached hydrogen (secondary N) is 1. The highest BCUT2D eigenvalue weighted by molar-refractivity contribution is 7.38. The van der Waals surface area contributed by atoms with Crippen molar-refractivity contribution in [2.75, 3.05) is 0 Å². The molecule has 0 spiro atoms. The second-order valence-corrected chi connectivity index (χ2v) is 11.3. The summed E-state index contributed by atoms with van der Waals surface area (Å²) in [7, 11) is -2.71. The monoisotopic (exact) mass is 528 g/mol. The van der Waals surface area contributed by atoms with E-state index in [2.05, 4.69) is 12.2 Å². The van der Waals surface area contributed by atoms with Gasteiger partial charge in [0.15, 0.2) is 14.3 Å². The third-order valence-electron chi connectivity index (χ3n) is 7.59. The van der Waals surface area contributed by atoms with E-state index in [0.29, 0.717) is 25.0 Å². The topological polar surface area (TPSA) is 95.9 Å². The van der Waals surface area contributed by atoms with Crippen LogP contribution in [-0.4, -0.2) is 28.0 Å². The Morgan fingerprint density at radius 1 is 1.00 bits per heavy atom. The largest absolute Gasteiger partial charge is 0.469 e. The van der Waals surface area contributed by atoms with Crippen LogP contribution in [0.3, 0.4) is 0 Å². The van der Waals surface area contributed by atoms with Crippen LogP contribution in [0, 0.1) is 12.3 Å². The Bertz CT molecular complexity index is 1080. The van der Waals surface area contributed by atoms with E-state index < -0.39 is 25.7 Å². The first-order chi connectivity index (χ1) is 17.7. The van der Waals surface area contributed by atoms with Gasteiger partial charge in [-0.2, -0.15) is 0 Å². The van der Waals surface area contributed by atoms with E-state index in [1.54, 1.807) is 24.3 Å². The van der Waals surface area contributed by atoms with Gasteiger partial charge in [-0.25, -0.2) is 9.69 Å². The second kappa shape index (κ2) is 12.7. The number of nitrogens with zero attached hydrogens (tertiary/aromatic N) is 1. The number of ether oxygens (including phenoxy) is 1. The summed E-state index contributed by atoms with van der Waals surface area (Å²) in [6.45, 7) is 9.96. The van der Waals surface area contributed by atoms with Crippen LogP contribution in [0.2, 0.25) is 0 Å². The zero-order valence-corrected chi connectivity index (χ0v) is 23.6. The summed E-state index contributed by atoms with van der Waals surface area (Å²) in [6.07, 6.45) is 3.45. The van der Waals surface area contributed by atoms with Gasteiger partial charge >= 0.3 is 6.03 Å². The summed E-state index contributed by atoms with van der Waals surface area (Å²) in [5, 5.41) is 3.07. The van der Waals surface area contributed by atoms with E-state index in [0.717, 1.165) is 36.0 Å². The van der Waals surface area contributed by atoms with Gasteiger partial charge in [0.05, 0.1) is 11.7 Å². The Kier molecular flexibility index (Phi) is 9.97. The number of carbonyl (C=O) groups excluding carboxylic acids is 2. The van der Waals surface area contributed by atoms with Gasteiger partial charge in [0.25, 0.3) is 0 Å². The lowest BCUT2D eigenvalue weighted by Gasteiger charge is -2.53. The average molecular weight is 529 g/mol. The first-order valence-corrected chi connectivity index (χ1v) is 14.9. The van der Waals surface area contributed by atoms with E-state index in [9.17, 15) is 19.0 Å². The maximum absolute atomic E-state index is 13.4. The molecule has 8 heteroatoms. The molecule has 1 saturated heterocycles. The molecule has 2 N–H and O–H groups in total. The van der Waals surface area contributed by atoms with Crippen molar-refractivity contribution >= 4 is 20.0 Å². The highest BCUT2D eigenvalue weighted by Crippen LogP contribution is 2.47. The fourth-order valence-corrected chi connectivity index (χ4v) is 6.17. The van der Waals surface area contributed by atoms with Crippen molar-refractivity contribution in [3.05, 3.63) is 65.2 Å². The number of rotatable bonds is 12. The third-order valence-corrected chi connectivity index (χ3v) is 8.81. The minimum Gasteiger partial charge on any atom is -0.469 e. The van der Waals surface area contributed by atoms with E-state index in [-0.39, 0.29) is 17.6 Å². The number of likely N-dealkylation sites (tertiary alicyclic amines) is 1. The van der Waals surface area contributed by atoms with Crippen LogP contribution < -0.4 is 10.1 Å². The predicted octanol–water partition coefficient (Wildman–Crippen LogP) is 6.91. The van der Waals surface area contributed by atoms with E-state index in [4.69, 9.17) is 4.74 Å². The molecular weight excluding hydrogens is 487 g/mol. The molecule has 0 aliphatic carbocycles. The number of hydrogen-bond donors (Lipinski definition) is 2. The molecule has 4 atom stereocenters. The summed E-state index contributed by atoms with van der Waals surface area (Å²) in [4.78, 5) is 37.7. The molecule has 3 rings (SSSR count). The van der Waals surface area contributed by atoms with Crippen LogP contribution in [0.5, 0.6) is 5.75 Å². The predicted molar refractivity (Wildman–Crippen MR) is 147 cm³/mol. The Morgan fingerprint density at radius 2 is 1.57 bits per heavy atom. The van der Waals surface area contributed by atoms with Crippen molar-refractivity contribution in [2.45, 2.75) is 91.1 Å². The molecule has 1 fully saturated rings. The molecule has 202 valence electrons. The maximum atomic E-state index is 13.4. The number of imide groups is 1. The van der Waals surface area contributed by atoms with Gasteiger partial charge < -0.3 is 14.9 Å². The minimum atomic E-state index is -2.71. The Morgan fingerprint density at radius 3 is 2.08 bits per heavy atom. The minimum absolute atomic E-state index is 0.207. The molecule has 7 nitrogen and oxygen atoms in total. The molecule has 1 aliphatic heterocycles. The Labute approximate surface area is 221 Å². The van der Waals surface area contributed by atoms with Gasteiger partial charge in [-0.05, 0) is 55.9 Å². The average Bonchev–Trinajstić information content (AvgIpc) is 2.88. The molecule has 0 bridgehead atoms. The molecule has 1 aliphatic rings. The van der Waals surface area contributed by atoms with Gasteiger partial charge in [-0.15, -0.1) is 0 Å². The number of hydrogen-bond acceptors (Lipinski definition) is 4. The second-order valence-electron chi connectivity index (χ2n) is 9.96. The van der Waals surface area contributed by atoms with Crippen molar-refractivity contribution in [1.82, 2.24) is 10.2 Å². The van der Waals surface area contributed by atoms with Crippen LogP contribution in [-0.2, 0) is 9.36 Å². The van der Waals surface area contributed by atoms with E-state index >= 15 is 0 Å². The number of aryl methyl sites for hydroxylation is 1. The van der Waals surface area contributed by atoms with Gasteiger partial charge in [0, 0.05) is 0 Å². The highest BCUT2D eigenvalue weighted by Gasteiger charge is 2.63. The molecule has 2 unspecified atom stereocenters. The van der Waals surface area contributed by atoms with Crippen LogP contribution in [0.25, 0.3) is 0 Å². The van der Waals surface area contributed by atoms with Crippen LogP contribution in [0.4, 0.5) is 4.79 Å². The number of carbonyl (C=O) groups is 2. The SMILES string of the molecule is CCCC(c1ccc(O[C@@H]2N(C(=O)N[C@H](CCC)c3ccc(C)cc3)C(=O)C2(CC)CC)cc1)[PH](=O)O. The van der Waals surface area contributed by atoms with Crippen molar-refractivity contribution in [1.29, 1.82) is 0 Å². The van der Waals surface area contributed by atoms with Gasteiger partial charge in [-0.3, -0.25) is 9.36 Å². The van der Waals surface area contributed by atoms with Crippen molar-refractivity contribution in [3.8, 4) is 5.75 Å². The standard InChI is InChI=1S/C29H41N2O5P/c1-6-10-24(21-14-12-20(5)13-15-21)30-28(33)31-26(32)29(8-3,9-4)27(31)36-23-18-16-22(17-19-23)25(11-7-2)37(34)35/h12-19,24-25,27,37H,6-11H2,1-5H3,(H,30,33)(H,34,35)/t24-,25?,27+/m1/s1. The summed E-state index contributed by atoms with van der Waals surface area (Å²) in [5.74, 6) is 0.291. The normalized spacial score (nSPS) is 19.0. The number of benzene rings is 2. The first kappa shape index (κ1) is 28.9. The zero-order chi connectivity index (χ0) is 27.2. The van der Waals surface area contributed by atoms with E-state index in [1.165, 1.54) is 4.90 Å². The fraction of sp³-hybridized carbons (Fsp3) is 0.517. The third kappa shape index (κ3) is 6.10. The number of urea groups is 1. The van der Waals surface area contributed by atoms with Gasteiger partial charge in [-0.1, -0.05) is 82.5 Å². The van der Waals surface area contributed by atoms with Crippen LogP contribution in [0.1, 0.15) is 94.6 Å². The summed E-state index contributed by atoms with van der Waals surface area (Å²) >= 11 is 0. The number of β-lactam (4-membered cyclic amide) rings is 1. The quantitative estimate of drug-likeness (QED) is 0.231. The molecule has 37 heavy (non-hydrogen) atoms. The summed E-state index contributed by atoms with van der Waals surface area (Å²) in [6, 6.07) is 14.5. The van der Waals surface area contributed by atoms with Crippen molar-refractivity contribution < 1.29 is 23.8 Å². The zero-order valence-electron chi connectivity index (χ0n) is 22.6. The fourth-order valence-electron chi connectivity index (χ4n) is 5.16.